The second kappa shape index (κ2) is 4.81. The molecule has 1 heterocycles. The smallest absolute Gasteiger partial charge is 0.125 e. The summed E-state index contributed by atoms with van der Waals surface area (Å²) in [5, 5.41) is 3.80. The zero-order valence-corrected chi connectivity index (χ0v) is 9.06. The van der Waals surface area contributed by atoms with Gasteiger partial charge in [-0.05, 0) is 31.0 Å². The van der Waals surface area contributed by atoms with Crippen LogP contribution < -0.4 is 5.32 Å². The van der Waals surface area contributed by atoms with E-state index in [1.54, 1.807) is 6.07 Å². The predicted octanol–water partition coefficient (Wildman–Crippen LogP) is 3.07. The highest BCUT2D eigenvalue weighted by molar-refractivity contribution is 6.33. The van der Waals surface area contributed by atoms with E-state index >= 15 is 0 Å². The van der Waals surface area contributed by atoms with Gasteiger partial charge in [0.05, 0.1) is 10.7 Å². The number of halogens is 2. The van der Waals surface area contributed by atoms with Crippen molar-refractivity contribution in [2.24, 2.45) is 0 Å². The van der Waals surface area contributed by atoms with Crippen molar-refractivity contribution < 1.29 is 9.13 Å². The molecule has 1 fully saturated rings. The minimum absolute atomic E-state index is 0.269. The molecule has 1 N–H and O–H groups in total. The van der Waals surface area contributed by atoms with Crippen LogP contribution >= 0.6 is 11.6 Å². The third kappa shape index (κ3) is 2.83. The van der Waals surface area contributed by atoms with Crippen LogP contribution in [0.1, 0.15) is 12.8 Å². The van der Waals surface area contributed by atoms with Gasteiger partial charge in [0.1, 0.15) is 5.82 Å². The van der Waals surface area contributed by atoms with Gasteiger partial charge < -0.3 is 10.1 Å². The molecule has 2 rings (SSSR count). The fraction of sp³-hybridized carbons (Fsp3) is 0.455. The van der Waals surface area contributed by atoms with Gasteiger partial charge in [-0.1, -0.05) is 11.6 Å². The molecule has 1 aliphatic heterocycles. The third-order valence-corrected chi connectivity index (χ3v) is 2.84. The van der Waals surface area contributed by atoms with Gasteiger partial charge in [-0.25, -0.2) is 4.39 Å². The minimum Gasteiger partial charge on any atom is -0.381 e. The first kappa shape index (κ1) is 10.7. The average Bonchev–Trinajstić information content (AvgIpc) is 2.25. The fourth-order valence-electron chi connectivity index (χ4n) is 1.67. The van der Waals surface area contributed by atoms with Gasteiger partial charge in [0, 0.05) is 19.3 Å². The largest absolute Gasteiger partial charge is 0.381 e. The van der Waals surface area contributed by atoms with E-state index in [1.807, 2.05) is 0 Å². The van der Waals surface area contributed by atoms with Gasteiger partial charge in [-0.2, -0.15) is 0 Å². The van der Waals surface area contributed by atoms with Gasteiger partial charge in [0.2, 0.25) is 0 Å². The quantitative estimate of drug-likeness (QED) is 0.842. The average molecular weight is 230 g/mol. The Morgan fingerprint density at radius 1 is 1.33 bits per heavy atom. The Balaban J connectivity index is 2.05. The number of ether oxygens (including phenoxy) is 1. The van der Waals surface area contributed by atoms with Crippen molar-refractivity contribution in [2.45, 2.75) is 18.9 Å². The Bertz CT molecular complexity index is 339. The lowest BCUT2D eigenvalue weighted by molar-refractivity contribution is 0.0904. The first-order chi connectivity index (χ1) is 7.25. The molecule has 2 nitrogen and oxygen atoms in total. The van der Waals surface area contributed by atoms with Crippen LogP contribution in [-0.2, 0) is 4.74 Å². The number of anilines is 1. The predicted molar refractivity (Wildman–Crippen MR) is 58.9 cm³/mol. The summed E-state index contributed by atoms with van der Waals surface area (Å²) in [5.41, 5.74) is 0.670. The zero-order chi connectivity index (χ0) is 10.7. The molecular weight excluding hydrogens is 217 g/mol. The van der Waals surface area contributed by atoms with Crippen LogP contribution in [0, 0.1) is 5.82 Å². The summed E-state index contributed by atoms with van der Waals surface area (Å²) >= 11 is 5.96. The van der Waals surface area contributed by atoms with Crippen LogP contribution in [0.5, 0.6) is 0 Å². The van der Waals surface area contributed by atoms with Crippen molar-refractivity contribution >= 4 is 17.3 Å². The van der Waals surface area contributed by atoms with E-state index < -0.39 is 0 Å². The van der Waals surface area contributed by atoms with E-state index in [-0.39, 0.29) is 5.82 Å². The van der Waals surface area contributed by atoms with Crippen LogP contribution in [0.4, 0.5) is 10.1 Å². The Labute approximate surface area is 93.4 Å². The number of nitrogens with one attached hydrogen (secondary N) is 1. The molecule has 1 aromatic rings. The SMILES string of the molecule is Fc1ccc(Cl)c(NC2CCOCC2)c1. The van der Waals surface area contributed by atoms with Crippen LogP contribution in [-0.4, -0.2) is 19.3 Å². The molecule has 4 heteroatoms. The molecule has 0 radical (unpaired) electrons. The molecule has 0 amide bonds. The second-order valence-electron chi connectivity index (χ2n) is 3.66. The Hall–Kier alpha value is -0.800. The summed E-state index contributed by atoms with van der Waals surface area (Å²) in [7, 11) is 0. The van der Waals surface area contributed by atoms with Gasteiger partial charge in [0.15, 0.2) is 0 Å². The van der Waals surface area contributed by atoms with Gasteiger partial charge in [0.25, 0.3) is 0 Å². The molecule has 0 saturated carbocycles. The van der Waals surface area contributed by atoms with E-state index in [0.29, 0.717) is 16.8 Å². The number of hydrogen-bond acceptors (Lipinski definition) is 2. The lowest BCUT2D eigenvalue weighted by Gasteiger charge is -2.24. The van der Waals surface area contributed by atoms with Crippen molar-refractivity contribution in [3.8, 4) is 0 Å². The first-order valence-corrected chi connectivity index (χ1v) is 5.43. The first-order valence-electron chi connectivity index (χ1n) is 5.05. The van der Waals surface area contributed by atoms with Gasteiger partial charge in [-0.3, -0.25) is 0 Å². The van der Waals surface area contributed by atoms with Gasteiger partial charge >= 0.3 is 0 Å². The van der Waals surface area contributed by atoms with E-state index in [9.17, 15) is 4.39 Å². The molecular formula is C11H13ClFNO. The second-order valence-corrected chi connectivity index (χ2v) is 4.06. The van der Waals surface area contributed by atoms with Gasteiger partial charge in [-0.15, -0.1) is 0 Å². The lowest BCUT2D eigenvalue weighted by Crippen LogP contribution is -2.27. The normalized spacial score (nSPS) is 17.7. The molecule has 0 aromatic heterocycles. The highest BCUT2D eigenvalue weighted by atomic mass is 35.5. The van der Waals surface area contributed by atoms with Crippen molar-refractivity contribution in [1.29, 1.82) is 0 Å². The summed E-state index contributed by atoms with van der Waals surface area (Å²) in [5.74, 6) is -0.269. The van der Waals surface area contributed by atoms with E-state index in [2.05, 4.69) is 5.32 Å². The van der Waals surface area contributed by atoms with Crippen molar-refractivity contribution in [1.82, 2.24) is 0 Å². The summed E-state index contributed by atoms with van der Waals surface area (Å²) in [6, 6.07) is 4.69. The highest BCUT2D eigenvalue weighted by Crippen LogP contribution is 2.24. The molecule has 0 bridgehead atoms. The zero-order valence-electron chi connectivity index (χ0n) is 8.30. The topological polar surface area (TPSA) is 21.3 Å². The molecule has 0 atom stereocenters. The van der Waals surface area contributed by atoms with Crippen molar-refractivity contribution in [3.63, 3.8) is 0 Å². The standard InChI is InChI=1S/C11H13ClFNO/c12-10-2-1-8(13)7-11(10)14-9-3-5-15-6-4-9/h1-2,7,9,14H,3-6H2. The van der Waals surface area contributed by atoms with Crippen LogP contribution in [0.15, 0.2) is 18.2 Å². The number of benzene rings is 1. The molecule has 0 unspecified atom stereocenters. The summed E-state index contributed by atoms with van der Waals surface area (Å²) in [6.07, 6.45) is 1.87. The van der Waals surface area contributed by atoms with E-state index in [0.717, 1.165) is 26.1 Å². The molecule has 1 aliphatic rings. The molecule has 82 valence electrons. The molecule has 15 heavy (non-hydrogen) atoms. The number of hydrogen-bond donors (Lipinski definition) is 1. The maximum atomic E-state index is 13.0. The maximum absolute atomic E-state index is 13.0. The Kier molecular flexibility index (Phi) is 3.44. The van der Waals surface area contributed by atoms with Crippen LogP contribution in [0.25, 0.3) is 0 Å². The molecule has 1 aromatic carbocycles. The molecule has 0 spiro atoms. The fourth-order valence-corrected chi connectivity index (χ4v) is 1.84. The third-order valence-electron chi connectivity index (χ3n) is 2.51. The van der Waals surface area contributed by atoms with Crippen LogP contribution in [0.3, 0.4) is 0 Å². The summed E-state index contributed by atoms with van der Waals surface area (Å²) in [4.78, 5) is 0. The maximum Gasteiger partial charge on any atom is 0.125 e. The van der Waals surface area contributed by atoms with Crippen molar-refractivity contribution in [3.05, 3.63) is 29.0 Å². The number of rotatable bonds is 2. The summed E-state index contributed by atoms with van der Waals surface area (Å²) in [6.45, 7) is 1.51. The van der Waals surface area contributed by atoms with Crippen LogP contribution in [0.2, 0.25) is 5.02 Å². The minimum atomic E-state index is -0.269. The molecule has 1 saturated heterocycles. The monoisotopic (exact) mass is 229 g/mol. The molecule has 0 aliphatic carbocycles. The Morgan fingerprint density at radius 2 is 2.07 bits per heavy atom. The van der Waals surface area contributed by atoms with Crippen molar-refractivity contribution in [2.75, 3.05) is 18.5 Å². The van der Waals surface area contributed by atoms with E-state index in [4.69, 9.17) is 16.3 Å². The highest BCUT2D eigenvalue weighted by Gasteiger charge is 2.14. The Morgan fingerprint density at radius 3 is 2.80 bits per heavy atom. The van der Waals surface area contributed by atoms with E-state index in [1.165, 1.54) is 12.1 Å². The summed E-state index contributed by atoms with van der Waals surface area (Å²) < 4.78 is 18.2. The lowest BCUT2D eigenvalue weighted by atomic mass is 10.1.